The van der Waals surface area contributed by atoms with Gasteiger partial charge in [0.2, 0.25) is 5.91 Å². The average Bonchev–Trinajstić information content (AvgIpc) is 3.12. The number of rotatable bonds is 6. The minimum Gasteiger partial charge on any atom is -0.370 e. The Morgan fingerprint density at radius 2 is 1.79 bits per heavy atom. The van der Waals surface area contributed by atoms with Crippen molar-refractivity contribution in [3.05, 3.63) is 68.8 Å². The molecule has 34 heavy (non-hydrogen) atoms. The Bertz CT molecular complexity index is 1230. The van der Waals surface area contributed by atoms with E-state index in [2.05, 4.69) is 10.5 Å². The fourth-order valence-corrected chi connectivity index (χ4v) is 4.88. The minimum atomic E-state index is -0.394. The van der Waals surface area contributed by atoms with E-state index in [-0.39, 0.29) is 24.1 Å². The van der Waals surface area contributed by atoms with Crippen molar-refractivity contribution >= 4 is 46.6 Å². The van der Waals surface area contributed by atoms with E-state index in [9.17, 15) is 9.59 Å². The van der Waals surface area contributed by atoms with Crippen LogP contribution in [0.1, 0.15) is 41.7 Å². The first-order valence-electron chi connectivity index (χ1n) is 10.9. The van der Waals surface area contributed by atoms with Gasteiger partial charge in [-0.15, -0.1) is 0 Å². The highest BCUT2D eigenvalue weighted by atomic mass is 35.5. The van der Waals surface area contributed by atoms with Crippen molar-refractivity contribution < 1.29 is 9.59 Å². The van der Waals surface area contributed by atoms with Crippen LogP contribution in [0.15, 0.2) is 42.5 Å². The van der Waals surface area contributed by atoms with Crippen molar-refractivity contribution in [2.75, 3.05) is 6.54 Å². The molecule has 7 nitrogen and oxygen atoms in total. The summed E-state index contributed by atoms with van der Waals surface area (Å²) in [6.07, 6.45) is 2.87. The summed E-state index contributed by atoms with van der Waals surface area (Å²) in [6, 6.07) is 12.2. The first-order chi connectivity index (χ1) is 16.2. The molecule has 1 aromatic heterocycles. The molecule has 0 spiro atoms. The van der Waals surface area contributed by atoms with Crippen LogP contribution in [0.2, 0.25) is 15.1 Å². The molecule has 1 fully saturated rings. The minimum absolute atomic E-state index is 0.140. The molecule has 0 bridgehead atoms. The van der Waals surface area contributed by atoms with Gasteiger partial charge in [-0.2, -0.15) is 5.10 Å². The van der Waals surface area contributed by atoms with E-state index in [0.29, 0.717) is 38.6 Å². The van der Waals surface area contributed by atoms with Gasteiger partial charge in [0.1, 0.15) is 0 Å². The van der Waals surface area contributed by atoms with Crippen molar-refractivity contribution in [1.82, 2.24) is 20.2 Å². The Labute approximate surface area is 212 Å². The van der Waals surface area contributed by atoms with Crippen LogP contribution in [0.3, 0.4) is 0 Å². The van der Waals surface area contributed by atoms with Gasteiger partial charge in [-0.3, -0.25) is 15.0 Å². The average molecular weight is 521 g/mol. The molecule has 2 aromatic carbocycles. The van der Waals surface area contributed by atoms with Gasteiger partial charge in [0.05, 0.1) is 16.4 Å². The van der Waals surface area contributed by atoms with E-state index in [1.54, 1.807) is 40.0 Å². The van der Waals surface area contributed by atoms with Gasteiger partial charge in [0, 0.05) is 40.2 Å². The monoisotopic (exact) mass is 519 g/mol. The molecule has 0 radical (unpaired) electrons. The van der Waals surface area contributed by atoms with Crippen LogP contribution >= 0.6 is 34.8 Å². The van der Waals surface area contributed by atoms with Crippen LogP contribution < -0.4 is 11.2 Å². The Hall–Kier alpha value is -2.58. The standard InChI is InChI=1S/C24H24Cl3N5O2/c1-14-22(24(34)30-31-11-3-2-4-18(31)13-21(28)33)29-32(20-10-9-17(26)12-19(20)27)23(14)15-5-7-16(25)8-6-15/h5-10,12,18H,2-4,11,13H2,1H3,(H2,28,33)(H,30,34). The summed E-state index contributed by atoms with van der Waals surface area (Å²) >= 11 is 18.7. The third kappa shape index (κ3) is 5.23. The van der Waals surface area contributed by atoms with E-state index >= 15 is 0 Å². The van der Waals surface area contributed by atoms with E-state index in [0.717, 1.165) is 24.8 Å². The Morgan fingerprint density at radius 1 is 1.09 bits per heavy atom. The van der Waals surface area contributed by atoms with Gasteiger partial charge in [0.15, 0.2) is 5.69 Å². The van der Waals surface area contributed by atoms with E-state index in [1.165, 1.54) is 0 Å². The lowest BCUT2D eigenvalue weighted by atomic mass is 10.0. The summed E-state index contributed by atoms with van der Waals surface area (Å²) in [5.74, 6) is -0.762. The molecule has 1 aliphatic heterocycles. The molecule has 3 aromatic rings. The van der Waals surface area contributed by atoms with Crippen molar-refractivity contribution in [2.45, 2.75) is 38.6 Å². The van der Waals surface area contributed by atoms with E-state index in [4.69, 9.17) is 40.5 Å². The van der Waals surface area contributed by atoms with Gasteiger partial charge in [-0.1, -0.05) is 53.4 Å². The van der Waals surface area contributed by atoms with Crippen LogP contribution in [0, 0.1) is 6.92 Å². The number of nitrogens with zero attached hydrogens (tertiary/aromatic N) is 3. The van der Waals surface area contributed by atoms with Gasteiger partial charge < -0.3 is 5.73 Å². The molecule has 2 amide bonds. The smallest absolute Gasteiger partial charge is 0.286 e. The maximum absolute atomic E-state index is 13.4. The molecule has 4 rings (SSSR count). The number of nitrogens with two attached hydrogens (primary N) is 1. The molecule has 1 saturated heterocycles. The zero-order valence-electron chi connectivity index (χ0n) is 18.5. The number of nitrogens with one attached hydrogen (secondary N) is 1. The van der Waals surface area contributed by atoms with Crippen molar-refractivity contribution in [3.63, 3.8) is 0 Å². The summed E-state index contributed by atoms with van der Waals surface area (Å²) in [4.78, 5) is 24.9. The second-order valence-electron chi connectivity index (χ2n) is 8.29. The second kappa shape index (κ2) is 10.4. The normalized spacial score (nSPS) is 16.4. The number of hydrazine groups is 1. The number of halogens is 3. The lowest BCUT2D eigenvalue weighted by molar-refractivity contribution is -0.119. The van der Waals surface area contributed by atoms with Crippen LogP contribution in [0.25, 0.3) is 16.9 Å². The largest absolute Gasteiger partial charge is 0.370 e. The molecule has 2 heterocycles. The molecule has 0 aliphatic carbocycles. The Kier molecular flexibility index (Phi) is 7.48. The number of carbonyl (C=O) groups is 2. The zero-order valence-corrected chi connectivity index (χ0v) is 20.8. The highest BCUT2D eigenvalue weighted by molar-refractivity contribution is 6.35. The lowest BCUT2D eigenvalue weighted by Gasteiger charge is -2.34. The highest BCUT2D eigenvalue weighted by Gasteiger charge is 2.29. The van der Waals surface area contributed by atoms with Gasteiger partial charge >= 0.3 is 0 Å². The maximum atomic E-state index is 13.4. The first-order valence-corrected chi connectivity index (χ1v) is 12.0. The highest BCUT2D eigenvalue weighted by Crippen LogP contribution is 2.33. The topological polar surface area (TPSA) is 93.2 Å². The predicted octanol–water partition coefficient (Wildman–Crippen LogP) is 5.18. The second-order valence-corrected chi connectivity index (χ2v) is 9.57. The third-order valence-corrected chi connectivity index (χ3v) is 6.69. The maximum Gasteiger partial charge on any atom is 0.286 e. The summed E-state index contributed by atoms with van der Waals surface area (Å²) in [5.41, 5.74) is 11.4. The zero-order chi connectivity index (χ0) is 24.4. The number of piperidine rings is 1. The van der Waals surface area contributed by atoms with Crippen LogP contribution in [-0.2, 0) is 4.79 Å². The van der Waals surface area contributed by atoms with Gasteiger partial charge in [-0.05, 0) is 50.1 Å². The molecule has 0 saturated carbocycles. The van der Waals surface area contributed by atoms with Gasteiger partial charge in [-0.25, -0.2) is 9.69 Å². The fraction of sp³-hybridized carbons (Fsp3) is 0.292. The molecular weight excluding hydrogens is 497 g/mol. The Balaban J connectivity index is 1.75. The fourth-order valence-electron chi connectivity index (χ4n) is 4.26. The number of hydrogen-bond donors (Lipinski definition) is 2. The summed E-state index contributed by atoms with van der Waals surface area (Å²) in [6.45, 7) is 2.47. The Morgan fingerprint density at radius 3 is 2.47 bits per heavy atom. The molecular formula is C24H24Cl3N5O2. The summed E-state index contributed by atoms with van der Waals surface area (Å²) in [7, 11) is 0. The summed E-state index contributed by atoms with van der Waals surface area (Å²) in [5, 5.41) is 7.93. The molecule has 178 valence electrons. The lowest BCUT2D eigenvalue weighted by Crippen LogP contribution is -2.52. The number of hydrogen-bond acceptors (Lipinski definition) is 4. The van der Waals surface area contributed by atoms with Crippen molar-refractivity contribution in [2.24, 2.45) is 5.73 Å². The molecule has 10 heteroatoms. The van der Waals surface area contributed by atoms with Crippen molar-refractivity contribution in [3.8, 4) is 16.9 Å². The van der Waals surface area contributed by atoms with Crippen LogP contribution in [0.4, 0.5) is 0 Å². The number of carbonyl (C=O) groups excluding carboxylic acids is 2. The quantitative estimate of drug-likeness (QED) is 0.468. The number of primary amides is 1. The SMILES string of the molecule is Cc1c(C(=O)NN2CCCCC2CC(N)=O)nn(-c2ccc(Cl)cc2Cl)c1-c1ccc(Cl)cc1. The van der Waals surface area contributed by atoms with E-state index in [1.807, 2.05) is 19.1 Å². The van der Waals surface area contributed by atoms with E-state index < -0.39 is 5.91 Å². The number of amides is 2. The predicted molar refractivity (Wildman–Crippen MR) is 134 cm³/mol. The molecule has 1 atom stereocenters. The number of benzene rings is 2. The van der Waals surface area contributed by atoms with Crippen LogP contribution in [-0.4, -0.2) is 39.2 Å². The summed E-state index contributed by atoms with van der Waals surface area (Å²) < 4.78 is 1.64. The molecule has 1 aliphatic rings. The molecule has 3 N–H and O–H groups in total. The first kappa shape index (κ1) is 24.5. The van der Waals surface area contributed by atoms with Crippen molar-refractivity contribution in [1.29, 1.82) is 0 Å². The molecule has 1 unspecified atom stereocenters. The van der Waals surface area contributed by atoms with Gasteiger partial charge in [0.25, 0.3) is 5.91 Å². The number of aromatic nitrogens is 2. The third-order valence-electron chi connectivity index (χ3n) is 5.90. The van der Waals surface area contributed by atoms with Crippen LogP contribution in [0.5, 0.6) is 0 Å².